The summed E-state index contributed by atoms with van der Waals surface area (Å²) in [6.45, 7) is 2.05. The van der Waals surface area contributed by atoms with Gasteiger partial charge in [-0.3, -0.25) is 9.59 Å². The monoisotopic (exact) mass is 483 g/mol. The van der Waals surface area contributed by atoms with E-state index in [1.54, 1.807) is 13.2 Å². The number of ether oxygens (including phenoxy) is 1. The number of hydrogen-bond acceptors (Lipinski definition) is 7. The van der Waals surface area contributed by atoms with Crippen LogP contribution in [0.15, 0.2) is 34.7 Å². The van der Waals surface area contributed by atoms with Gasteiger partial charge in [0.15, 0.2) is 0 Å². The predicted molar refractivity (Wildman–Crippen MR) is 129 cm³/mol. The van der Waals surface area contributed by atoms with Crippen molar-refractivity contribution in [2.45, 2.75) is 63.5 Å². The molecule has 180 valence electrons. The van der Waals surface area contributed by atoms with Crippen LogP contribution in [0.3, 0.4) is 0 Å². The van der Waals surface area contributed by atoms with Crippen LogP contribution in [0, 0.1) is 4.84 Å². The number of aromatic amines is 1. The Morgan fingerprint density at radius 3 is 2.88 bits per heavy atom. The Balaban J connectivity index is 1.50. The van der Waals surface area contributed by atoms with Crippen molar-refractivity contribution < 1.29 is 18.7 Å². The molecule has 0 saturated heterocycles. The van der Waals surface area contributed by atoms with Gasteiger partial charge in [0.1, 0.15) is 17.5 Å². The number of nitrogens with zero attached hydrogens (tertiary/aromatic N) is 2. The lowest BCUT2D eigenvalue weighted by Gasteiger charge is -2.23. The largest absolute Gasteiger partial charge is 0.496 e. The van der Waals surface area contributed by atoms with Gasteiger partial charge in [0.2, 0.25) is 11.8 Å². The summed E-state index contributed by atoms with van der Waals surface area (Å²) in [6.07, 6.45) is 4.83. The van der Waals surface area contributed by atoms with E-state index in [2.05, 4.69) is 25.8 Å². The van der Waals surface area contributed by atoms with Crippen LogP contribution in [-0.4, -0.2) is 46.2 Å². The second kappa shape index (κ2) is 10.8. The van der Waals surface area contributed by atoms with Gasteiger partial charge in [0, 0.05) is 17.5 Å². The smallest absolute Gasteiger partial charge is 0.284 e. The molecule has 0 radical (unpaired) electrons. The van der Waals surface area contributed by atoms with E-state index in [1.165, 1.54) is 0 Å². The lowest BCUT2D eigenvalue weighted by atomic mass is 10.0. The molecule has 0 bridgehead atoms. The van der Waals surface area contributed by atoms with Gasteiger partial charge in [0.25, 0.3) is 10.7 Å². The third-order valence-electron chi connectivity index (χ3n) is 6.21. The molecule has 0 spiro atoms. The van der Waals surface area contributed by atoms with E-state index in [-0.39, 0.29) is 28.4 Å². The number of carbonyl (C=O) groups excluding carboxylic acids is 2. The SMILES string of the molecule is CCCC[C@H](NC(=O)c1cc(OC)c2ccccc2n1)C(=O)N[C@H]1CCC[C@H]1c1n[nH]c(=S)o1. The fourth-order valence-corrected chi connectivity index (χ4v) is 4.58. The van der Waals surface area contributed by atoms with E-state index in [0.717, 1.165) is 37.5 Å². The maximum Gasteiger partial charge on any atom is 0.284 e. The van der Waals surface area contributed by atoms with Gasteiger partial charge in [0.05, 0.1) is 18.5 Å². The van der Waals surface area contributed by atoms with Crippen LogP contribution in [0.1, 0.15) is 67.7 Å². The fraction of sp³-hybridized carbons (Fsp3) is 0.458. The highest BCUT2D eigenvalue weighted by molar-refractivity contribution is 7.71. The zero-order valence-electron chi connectivity index (χ0n) is 19.3. The Labute approximate surface area is 202 Å². The highest BCUT2D eigenvalue weighted by Gasteiger charge is 2.35. The molecule has 1 aromatic carbocycles. The Bertz CT molecular complexity index is 1220. The molecule has 4 rings (SSSR count). The average Bonchev–Trinajstić information content (AvgIpc) is 3.49. The summed E-state index contributed by atoms with van der Waals surface area (Å²) in [5.74, 6) is 0.380. The van der Waals surface area contributed by atoms with Crippen LogP contribution in [-0.2, 0) is 4.79 Å². The van der Waals surface area contributed by atoms with Crippen molar-refractivity contribution in [3.63, 3.8) is 0 Å². The van der Waals surface area contributed by atoms with E-state index in [4.69, 9.17) is 21.4 Å². The molecular weight excluding hydrogens is 454 g/mol. The Morgan fingerprint density at radius 2 is 2.15 bits per heavy atom. The second-order valence-electron chi connectivity index (χ2n) is 8.50. The summed E-state index contributed by atoms with van der Waals surface area (Å²) in [6, 6.07) is 8.24. The number of hydrogen-bond donors (Lipinski definition) is 3. The standard InChI is InChI=1S/C24H29N5O4S/c1-3-4-10-18(21(30)26-17-12-7-9-15(17)23-28-29-24(34)33-23)27-22(31)19-13-20(32-2)14-8-5-6-11-16(14)25-19/h5-6,8,11,13,15,17-18H,3-4,7,9-10,12H2,1-2H3,(H,26,30)(H,27,31)(H,29,34)/t15-,17+,18+/m1/s1. The fourth-order valence-electron chi connectivity index (χ4n) is 4.45. The summed E-state index contributed by atoms with van der Waals surface area (Å²) in [5, 5.41) is 13.6. The molecule has 2 amide bonds. The van der Waals surface area contributed by atoms with Crippen molar-refractivity contribution in [3.8, 4) is 5.75 Å². The number of methoxy groups -OCH3 is 1. The molecule has 1 saturated carbocycles. The van der Waals surface area contributed by atoms with Crippen LogP contribution in [0.4, 0.5) is 0 Å². The average molecular weight is 484 g/mol. The quantitative estimate of drug-likeness (QED) is 0.393. The van der Waals surface area contributed by atoms with E-state index in [9.17, 15) is 9.59 Å². The third-order valence-corrected chi connectivity index (χ3v) is 6.39. The van der Waals surface area contributed by atoms with Crippen molar-refractivity contribution in [1.29, 1.82) is 0 Å². The number of pyridine rings is 1. The number of unbranched alkanes of at least 4 members (excludes halogenated alkanes) is 1. The summed E-state index contributed by atoms with van der Waals surface area (Å²) in [7, 11) is 1.56. The van der Waals surface area contributed by atoms with Crippen LogP contribution in [0.5, 0.6) is 5.75 Å². The zero-order chi connectivity index (χ0) is 24.1. The first-order valence-corrected chi connectivity index (χ1v) is 12.0. The molecule has 2 aromatic heterocycles. The minimum atomic E-state index is -0.682. The summed E-state index contributed by atoms with van der Waals surface area (Å²) >= 11 is 4.99. The van der Waals surface area contributed by atoms with Crippen LogP contribution < -0.4 is 15.4 Å². The molecule has 1 aliphatic carbocycles. The van der Waals surface area contributed by atoms with Gasteiger partial charge in [-0.15, -0.1) is 5.10 Å². The molecule has 10 heteroatoms. The predicted octanol–water partition coefficient (Wildman–Crippen LogP) is 4.03. The molecule has 34 heavy (non-hydrogen) atoms. The number of nitrogens with one attached hydrogen (secondary N) is 3. The normalized spacial score (nSPS) is 18.5. The first-order chi connectivity index (χ1) is 16.5. The molecule has 3 aromatic rings. The molecule has 1 fully saturated rings. The van der Waals surface area contributed by atoms with Gasteiger partial charge in [-0.1, -0.05) is 38.3 Å². The molecule has 1 aliphatic rings. The summed E-state index contributed by atoms with van der Waals surface area (Å²) < 4.78 is 10.9. The first-order valence-electron chi connectivity index (χ1n) is 11.6. The summed E-state index contributed by atoms with van der Waals surface area (Å²) in [4.78, 5) is 31.0. The van der Waals surface area contributed by atoms with Crippen molar-refractivity contribution in [3.05, 3.63) is 46.8 Å². The Hall–Kier alpha value is -3.27. The lowest BCUT2D eigenvalue weighted by Crippen LogP contribution is -2.50. The molecular formula is C24H29N5O4S. The number of amides is 2. The molecule has 3 N–H and O–H groups in total. The number of fused-ring (bicyclic) bond motifs is 1. The first kappa shape index (κ1) is 23.9. The Kier molecular flexibility index (Phi) is 7.56. The molecule has 0 unspecified atom stereocenters. The number of carbonyl (C=O) groups is 2. The molecule has 0 aliphatic heterocycles. The maximum atomic E-state index is 13.2. The number of benzene rings is 1. The number of aromatic nitrogens is 3. The van der Waals surface area contributed by atoms with Gasteiger partial charge < -0.3 is 19.8 Å². The second-order valence-corrected chi connectivity index (χ2v) is 8.87. The van der Waals surface area contributed by atoms with Crippen molar-refractivity contribution in [2.75, 3.05) is 7.11 Å². The maximum absolute atomic E-state index is 13.2. The number of rotatable bonds is 9. The lowest BCUT2D eigenvalue weighted by molar-refractivity contribution is -0.124. The molecule has 2 heterocycles. The van der Waals surface area contributed by atoms with Crippen molar-refractivity contribution in [1.82, 2.24) is 25.8 Å². The third kappa shape index (κ3) is 5.27. The molecule has 9 nitrogen and oxygen atoms in total. The van der Waals surface area contributed by atoms with E-state index < -0.39 is 11.9 Å². The minimum absolute atomic E-state index is 0.0501. The summed E-state index contributed by atoms with van der Waals surface area (Å²) in [5.41, 5.74) is 0.858. The van der Waals surface area contributed by atoms with Crippen LogP contribution >= 0.6 is 12.2 Å². The number of para-hydroxylation sites is 1. The highest BCUT2D eigenvalue weighted by atomic mass is 32.1. The van der Waals surface area contributed by atoms with Crippen molar-refractivity contribution >= 4 is 34.9 Å². The minimum Gasteiger partial charge on any atom is -0.496 e. The van der Waals surface area contributed by atoms with E-state index in [0.29, 0.717) is 23.6 Å². The zero-order valence-corrected chi connectivity index (χ0v) is 20.1. The van der Waals surface area contributed by atoms with E-state index >= 15 is 0 Å². The van der Waals surface area contributed by atoms with Gasteiger partial charge in [-0.25, -0.2) is 10.1 Å². The Morgan fingerprint density at radius 1 is 1.32 bits per heavy atom. The van der Waals surface area contributed by atoms with Gasteiger partial charge in [-0.2, -0.15) is 0 Å². The van der Waals surface area contributed by atoms with Gasteiger partial charge in [-0.05, 0) is 43.6 Å². The topological polar surface area (TPSA) is 122 Å². The van der Waals surface area contributed by atoms with E-state index in [1.807, 2.05) is 31.2 Å². The van der Waals surface area contributed by atoms with Crippen LogP contribution in [0.2, 0.25) is 0 Å². The highest BCUT2D eigenvalue weighted by Crippen LogP contribution is 2.33. The van der Waals surface area contributed by atoms with Crippen molar-refractivity contribution in [2.24, 2.45) is 0 Å². The van der Waals surface area contributed by atoms with Gasteiger partial charge >= 0.3 is 0 Å². The number of H-pyrrole nitrogens is 1. The van der Waals surface area contributed by atoms with Crippen LogP contribution in [0.25, 0.3) is 10.9 Å². The molecule has 3 atom stereocenters.